The first-order valence-corrected chi connectivity index (χ1v) is 11.6. The van der Waals surface area contributed by atoms with Gasteiger partial charge in [0.2, 0.25) is 6.23 Å². The van der Waals surface area contributed by atoms with E-state index in [4.69, 9.17) is 21.1 Å². The Morgan fingerprint density at radius 1 is 1.12 bits per heavy atom. The summed E-state index contributed by atoms with van der Waals surface area (Å²) in [5.74, 6) is -0.761. The number of benzene rings is 2. The molecule has 0 aliphatic carbocycles. The third kappa shape index (κ3) is 5.42. The van der Waals surface area contributed by atoms with Crippen LogP contribution < -0.4 is 10.3 Å². The quantitative estimate of drug-likeness (QED) is 0.478. The van der Waals surface area contributed by atoms with Crippen molar-refractivity contribution in [2.75, 3.05) is 44.9 Å². The van der Waals surface area contributed by atoms with Crippen LogP contribution in [-0.2, 0) is 25.6 Å². The Balaban J connectivity index is 1.74. The van der Waals surface area contributed by atoms with Gasteiger partial charge in [-0.15, -0.1) is 0 Å². The minimum Gasteiger partial charge on any atom is -0.440 e. The highest BCUT2D eigenvalue weighted by Gasteiger charge is 2.46. The van der Waals surface area contributed by atoms with E-state index in [1.807, 2.05) is 36.4 Å². The number of halogens is 1. The van der Waals surface area contributed by atoms with Crippen molar-refractivity contribution in [2.45, 2.75) is 19.7 Å². The van der Waals surface area contributed by atoms with Gasteiger partial charge in [-0.05, 0) is 17.7 Å². The third-order valence-corrected chi connectivity index (χ3v) is 6.16. The fourth-order valence-electron chi connectivity index (χ4n) is 4.15. The lowest BCUT2D eigenvalue weighted by Gasteiger charge is -2.29. The van der Waals surface area contributed by atoms with Gasteiger partial charge in [0.05, 0.1) is 29.5 Å². The molecule has 2 aromatic carbocycles. The molecule has 2 heterocycles. The van der Waals surface area contributed by atoms with Crippen molar-refractivity contribution >= 4 is 29.2 Å². The van der Waals surface area contributed by atoms with Gasteiger partial charge in [0.25, 0.3) is 5.91 Å². The summed E-state index contributed by atoms with van der Waals surface area (Å²) in [5, 5.41) is 6.97. The van der Waals surface area contributed by atoms with Crippen LogP contribution in [0.5, 0.6) is 0 Å². The van der Waals surface area contributed by atoms with Crippen LogP contribution in [-0.4, -0.2) is 67.9 Å². The number of nitrogens with one attached hydrogen (secondary N) is 1. The van der Waals surface area contributed by atoms with Crippen LogP contribution in [0.3, 0.4) is 0 Å². The molecule has 1 atom stereocenters. The van der Waals surface area contributed by atoms with E-state index in [1.165, 1.54) is 11.9 Å². The smallest absolute Gasteiger partial charge is 0.304 e. The van der Waals surface area contributed by atoms with Crippen LogP contribution in [0.2, 0.25) is 5.02 Å². The highest BCUT2D eigenvalue weighted by Crippen LogP contribution is 2.35. The molecule has 2 aromatic rings. The SMILES string of the molecule is CC(=O)OC1C(=C(CN2CCOCC2)NCc2ccccc2)C(=O)N(c2ccccc2Cl)N1C. The summed E-state index contributed by atoms with van der Waals surface area (Å²) < 4.78 is 11.2. The number of ether oxygens (including phenoxy) is 2. The molecule has 0 aromatic heterocycles. The number of rotatable bonds is 7. The zero-order chi connectivity index (χ0) is 24.1. The predicted molar refractivity (Wildman–Crippen MR) is 130 cm³/mol. The first-order valence-electron chi connectivity index (χ1n) is 11.3. The Bertz CT molecular complexity index is 1060. The van der Waals surface area contributed by atoms with Crippen LogP contribution >= 0.6 is 11.6 Å². The van der Waals surface area contributed by atoms with Crippen molar-refractivity contribution in [3.63, 3.8) is 0 Å². The third-order valence-electron chi connectivity index (χ3n) is 5.84. The number of hydrogen-bond donors (Lipinski definition) is 1. The number of carbonyl (C=O) groups excluding carboxylic acids is 2. The maximum absolute atomic E-state index is 13.8. The first kappa shape index (κ1) is 24.2. The van der Waals surface area contributed by atoms with Gasteiger partial charge >= 0.3 is 5.97 Å². The van der Waals surface area contributed by atoms with Crippen LogP contribution in [0.4, 0.5) is 5.69 Å². The van der Waals surface area contributed by atoms with Gasteiger partial charge in [-0.2, -0.15) is 5.01 Å². The van der Waals surface area contributed by atoms with Gasteiger partial charge in [-0.3, -0.25) is 14.5 Å². The highest BCUT2D eigenvalue weighted by molar-refractivity contribution is 6.34. The largest absolute Gasteiger partial charge is 0.440 e. The summed E-state index contributed by atoms with van der Waals surface area (Å²) in [5.41, 5.74) is 2.70. The zero-order valence-corrected chi connectivity index (χ0v) is 20.1. The molecule has 8 nitrogen and oxygen atoms in total. The standard InChI is InChI=1S/C25H29ClN4O4/c1-18(31)34-25-23(24(32)30(28(25)2)22-11-7-6-10-20(22)26)21(17-29-12-14-33-15-13-29)27-16-19-8-4-3-5-9-19/h3-11,25,27H,12-17H2,1-2H3. The Kier molecular flexibility index (Phi) is 7.84. The summed E-state index contributed by atoms with van der Waals surface area (Å²) >= 11 is 6.43. The molecule has 34 heavy (non-hydrogen) atoms. The van der Waals surface area contributed by atoms with Crippen molar-refractivity contribution < 1.29 is 19.1 Å². The van der Waals surface area contributed by atoms with E-state index in [2.05, 4.69) is 10.2 Å². The summed E-state index contributed by atoms with van der Waals surface area (Å²) in [7, 11) is 1.71. The average molecular weight is 485 g/mol. The number of esters is 1. The van der Waals surface area contributed by atoms with E-state index in [9.17, 15) is 9.59 Å². The normalized spacial score (nSPS) is 21.0. The lowest BCUT2D eigenvalue weighted by Crippen LogP contribution is -2.42. The molecule has 0 bridgehead atoms. The van der Waals surface area contributed by atoms with Gasteiger partial charge in [-0.25, -0.2) is 5.01 Å². The van der Waals surface area contributed by atoms with Crippen LogP contribution in [0.1, 0.15) is 12.5 Å². The number of hydrazine groups is 1. The topological polar surface area (TPSA) is 74.3 Å². The Morgan fingerprint density at radius 3 is 2.47 bits per heavy atom. The molecule has 0 spiro atoms. The predicted octanol–water partition coefficient (Wildman–Crippen LogP) is 2.80. The van der Waals surface area contributed by atoms with Gasteiger partial charge in [0.15, 0.2) is 0 Å². The van der Waals surface area contributed by atoms with E-state index in [-0.39, 0.29) is 5.91 Å². The lowest BCUT2D eigenvalue weighted by molar-refractivity contribution is -0.150. The average Bonchev–Trinajstić information content (AvgIpc) is 3.07. The molecule has 2 aliphatic heterocycles. The summed E-state index contributed by atoms with van der Waals surface area (Å²) in [6.45, 7) is 5.13. The molecule has 2 fully saturated rings. The number of likely N-dealkylation sites (N-methyl/N-ethyl adjacent to an activating group) is 1. The van der Waals surface area contributed by atoms with E-state index in [0.29, 0.717) is 48.3 Å². The van der Waals surface area contributed by atoms with Crippen molar-refractivity contribution in [1.29, 1.82) is 0 Å². The Morgan fingerprint density at radius 2 is 1.79 bits per heavy atom. The molecule has 9 heteroatoms. The van der Waals surface area contributed by atoms with E-state index < -0.39 is 12.2 Å². The molecule has 0 saturated carbocycles. The van der Waals surface area contributed by atoms with Crippen molar-refractivity contribution in [3.05, 3.63) is 76.5 Å². The Labute approximate surface area is 204 Å². The number of hydrogen-bond acceptors (Lipinski definition) is 7. The molecule has 1 unspecified atom stereocenters. The number of anilines is 1. The fraction of sp³-hybridized carbons (Fsp3) is 0.360. The monoisotopic (exact) mass is 484 g/mol. The minimum absolute atomic E-state index is 0.286. The maximum Gasteiger partial charge on any atom is 0.304 e. The molecule has 0 radical (unpaired) electrons. The van der Waals surface area contributed by atoms with Gasteiger partial charge in [-0.1, -0.05) is 54.1 Å². The van der Waals surface area contributed by atoms with Crippen LogP contribution in [0.25, 0.3) is 0 Å². The Hall–Kier alpha value is -2.91. The first-order chi connectivity index (χ1) is 16.5. The van der Waals surface area contributed by atoms with E-state index in [1.54, 1.807) is 30.3 Å². The summed E-state index contributed by atoms with van der Waals surface area (Å²) in [6.07, 6.45) is -0.888. The van der Waals surface area contributed by atoms with Crippen LogP contribution in [0.15, 0.2) is 65.9 Å². The van der Waals surface area contributed by atoms with Gasteiger partial charge in [0.1, 0.15) is 0 Å². The number of nitrogens with zero attached hydrogens (tertiary/aromatic N) is 3. The highest BCUT2D eigenvalue weighted by atomic mass is 35.5. The minimum atomic E-state index is -0.888. The zero-order valence-electron chi connectivity index (χ0n) is 19.4. The second kappa shape index (κ2) is 11.0. The van der Waals surface area contributed by atoms with Crippen LogP contribution in [0, 0.1) is 0 Å². The fourth-order valence-corrected chi connectivity index (χ4v) is 4.37. The van der Waals surface area contributed by atoms with Gasteiger partial charge < -0.3 is 14.8 Å². The van der Waals surface area contributed by atoms with Crippen molar-refractivity contribution in [2.24, 2.45) is 0 Å². The van der Waals surface area contributed by atoms with Crippen molar-refractivity contribution in [1.82, 2.24) is 15.2 Å². The lowest BCUT2D eigenvalue weighted by atomic mass is 10.1. The van der Waals surface area contributed by atoms with Gasteiger partial charge in [0, 0.05) is 45.8 Å². The summed E-state index contributed by atoms with van der Waals surface area (Å²) in [6, 6.07) is 17.1. The second-order valence-corrected chi connectivity index (χ2v) is 8.63. The molecule has 2 saturated heterocycles. The number of morpholine rings is 1. The molecular formula is C25H29ClN4O4. The number of para-hydroxylation sites is 1. The maximum atomic E-state index is 13.8. The number of carbonyl (C=O) groups is 2. The molecule has 4 rings (SSSR count). The van der Waals surface area contributed by atoms with Crippen molar-refractivity contribution in [3.8, 4) is 0 Å². The second-order valence-electron chi connectivity index (χ2n) is 8.22. The number of amides is 1. The molecule has 2 aliphatic rings. The van der Waals surface area contributed by atoms with E-state index >= 15 is 0 Å². The molecule has 180 valence electrons. The summed E-state index contributed by atoms with van der Waals surface area (Å²) in [4.78, 5) is 28.1. The molecular weight excluding hydrogens is 456 g/mol. The molecule has 1 N–H and O–H groups in total. The van der Waals surface area contributed by atoms with E-state index in [0.717, 1.165) is 18.7 Å². The molecule has 1 amide bonds.